The molecule has 2 atom stereocenters. The molecule has 18 heavy (non-hydrogen) atoms. The quantitative estimate of drug-likeness (QED) is 0.738. The van der Waals surface area contributed by atoms with E-state index in [0.29, 0.717) is 0 Å². The van der Waals surface area contributed by atoms with Crippen LogP contribution in [0.1, 0.15) is 58.1 Å². The molecule has 1 aliphatic carbocycles. The van der Waals surface area contributed by atoms with Gasteiger partial charge in [-0.25, -0.2) is 4.39 Å². The minimum absolute atomic E-state index is 0.00350. The van der Waals surface area contributed by atoms with Crippen molar-refractivity contribution in [1.29, 1.82) is 0 Å². The van der Waals surface area contributed by atoms with E-state index in [0.717, 1.165) is 12.0 Å². The van der Waals surface area contributed by atoms with Gasteiger partial charge in [0.2, 0.25) is 0 Å². The molecule has 100 valence electrons. The van der Waals surface area contributed by atoms with Gasteiger partial charge >= 0.3 is 0 Å². The Kier molecular flexibility index (Phi) is 3.05. The van der Waals surface area contributed by atoms with Crippen LogP contribution < -0.4 is 0 Å². The van der Waals surface area contributed by atoms with Gasteiger partial charge in [0.15, 0.2) is 0 Å². The van der Waals surface area contributed by atoms with Crippen LogP contribution in [-0.4, -0.2) is 11.2 Å². The smallest absolute Gasteiger partial charge is 0.123 e. The molecule has 0 saturated carbocycles. The first-order valence-electron chi connectivity index (χ1n) is 6.61. The van der Waals surface area contributed by atoms with Crippen molar-refractivity contribution >= 4 is 0 Å². The first-order valence-corrected chi connectivity index (χ1v) is 6.61. The summed E-state index contributed by atoms with van der Waals surface area (Å²) in [6.07, 6.45) is 0.322. The highest BCUT2D eigenvalue weighted by atomic mass is 19.1. The molecule has 1 aliphatic rings. The molecule has 0 bridgehead atoms. The predicted molar refractivity (Wildman–Crippen MR) is 72.2 cm³/mol. The van der Waals surface area contributed by atoms with E-state index in [1.54, 1.807) is 6.07 Å². The first kappa shape index (κ1) is 13.5. The predicted octanol–water partition coefficient (Wildman–Crippen LogP) is 4.00. The van der Waals surface area contributed by atoms with Crippen molar-refractivity contribution in [1.82, 2.24) is 0 Å². The molecule has 1 aromatic carbocycles. The van der Waals surface area contributed by atoms with Gasteiger partial charge in [0.1, 0.15) is 5.82 Å². The standard InChI is InChI=1S/C16H23FO/c1-15(2,3)14-11-8-10(17)6-7-12(11)16(4,5)9-13(14)18/h6-8,13-14,18H,9H2,1-5H3. The number of aliphatic hydroxyl groups is 1. The minimum Gasteiger partial charge on any atom is -0.392 e. The average Bonchev–Trinajstić information content (AvgIpc) is 2.12. The molecular weight excluding hydrogens is 227 g/mol. The maximum Gasteiger partial charge on any atom is 0.123 e. The van der Waals surface area contributed by atoms with E-state index in [-0.39, 0.29) is 22.6 Å². The number of fused-ring (bicyclic) bond motifs is 1. The molecule has 1 N–H and O–H groups in total. The van der Waals surface area contributed by atoms with E-state index < -0.39 is 6.10 Å². The van der Waals surface area contributed by atoms with Crippen LogP contribution in [-0.2, 0) is 5.41 Å². The van der Waals surface area contributed by atoms with Gasteiger partial charge in [0.25, 0.3) is 0 Å². The summed E-state index contributed by atoms with van der Waals surface area (Å²) in [7, 11) is 0. The van der Waals surface area contributed by atoms with E-state index in [1.165, 1.54) is 11.6 Å². The van der Waals surface area contributed by atoms with Crippen molar-refractivity contribution in [3.05, 3.63) is 35.1 Å². The van der Waals surface area contributed by atoms with Crippen LogP contribution >= 0.6 is 0 Å². The molecule has 0 amide bonds. The molecule has 0 saturated heterocycles. The van der Waals surface area contributed by atoms with Crippen LogP contribution in [0.5, 0.6) is 0 Å². The molecule has 0 spiro atoms. The molecule has 0 radical (unpaired) electrons. The summed E-state index contributed by atoms with van der Waals surface area (Å²) < 4.78 is 13.6. The Bertz CT molecular complexity index is 457. The summed E-state index contributed by atoms with van der Waals surface area (Å²) in [5.41, 5.74) is 1.99. The maximum absolute atomic E-state index is 13.6. The fourth-order valence-corrected chi connectivity index (χ4v) is 3.41. The van der Waals surface area contributed by atoms with Crippen LogP contribution in [0.2, 0.25) is 0 Å². The highest BCUT2D eigenvalue weighted by Crippen LogP contribution is 2.49. The Morgan fingerprint density at radius 3 is 2.44 bits per heavy atom. The van der Waals surface area contributed by atoms with Gasteiger partial charge in [-0.2, -0.15) is 0 Å². The molecule has 2 heteroatoms. The molecular formula is C16H23FO. The minimum atomic E-state index is -0.408. The normalized spacial score (nSPS) is 26.8. The Labute approximate surface area is 109 Å². The van der Waals surface area contributed by atoms with Gasteiger partial charge in [0.05, 0.1) is 6.10 Å². The van der Waals surface area contributed by atoms with Crippen LogP contribution in [0.3, 0.4) is 0 Å². The molecule has 0 aliphatic heterocycles. The number of hydrogen-bond acceptors (Lipinski definition) is 1. The lowest BCUT2D eigenvalue weighted by atomic mass is 9.61. The zero-order chi connectivity index (χ0) is 13.7. The first-order chi connectivity index (χ1) is 8.13. The van der Waals surface area contributed by atoms with E-state index >= 15 is 0 Å². The summed E-state index contributed by atoms with van der Waals surface area (Å²) in [5, 5.41) is 10.5. The van der Waals surface area contributed by atoms with Crippen molar-refractivity contribution < 1.29 is 9.50 Å². The van der Waals surface area contributed by atoms with Gasteiger partial charge in [-0.05, 0) is 40.5 Å². The van der Waals surface area contributed by atoms with Crippen LogP contribution in [0.25, 0.3) is 0 Å². The van der Waals surface area contributed by atoms with E-state index in [4.69, 9.17) is 0 Å². The third-order valence-electron chi connectivity index (χ3n) is 4.12. The fraction of sp³-hybridized carbons (Fsp3) is 0.625. The Morgan fingerprint density at radius 2 is 1.89 bits per heavy atom. The average molecular weight is 250 g/mol. The van der Waals surface area contributed by atoms with Gasteiger partial charge in [-0.15, -0.1) is 0 Å². The Balaban J connectivity index is 2.64. The molecule has 2 rings (SSSR count). The largest absolute Gasteiger partial charge is 0.392 e. The molecule has 2 unspecified atom stereocenters. The summed E-state index contributed by atoms with van der Waals surface area (Å²) in [5.74, 6) is -0.218. The van der Waals surface area contributed by atoms with Crippen molar-refractivity contribution in [3.8, 4) is 0 Å². The zero-order valence-corrected chi connectivity index (χ0v) is 11.9. The van der Waals surface area contributed by atoms with E-state index in [9.17, 15) is 9.50 Å². The number of hydrogen-bond donors (Lipinski definition) is 1. The van der Waals surface area contributed by atoms with Crippen molar-refractivity contribution in [3.63, 3.8) is 0 Å². The zero-order valence-electron chi connectivity index (χ0n) is 11.9. The SMILES string of the molecule is CC1(C)CC(O)C(C(C)(C)C)c2cc(F)ccc21. The summed E-state index contributed by atoms with van der Waals surface area (Å²) in [6, 6.07) is 5.02. The van der Waals surface area contributed by atoms with E-state index in [2.05, 4.69) is 34.6 Å². The second-order valence-electron chi connectivity index (χ2n) is 7.23. The topological polar surface area (TPSA) is 20.2 Å². The summed E-state index contributed by atoms with van der Waals surface area (Å²) in [6.45, 7) is 10.5. The second kappa shape index (κ2) is 4.06. The van der Waals surface area contributed by atoms with Crippen molar-refractivity contribution in [2.45, 2.75) is 58.5 Å². The van der Waals surface area contributed by atoms with Crippen molar-refractivity contribution in [2.24, 2.45) is 5.41 Å². The lowest BCUT2D eigenvalue weighted by Crippen LogP contribution is -2.41. The maximum atomic E-state index is 13.6. The Morgan fingerprint density at radius 1 is 1.28 bits per heavy atom. The number of halogens is 1. The molecule has 0 heterocycles. The second-order valence-corrected chi connectivity index (χ2v) is 7.23. The highest BCUT2D eigenvalue weighted by Gasteiger charge is 2.43. The number of rotatable bonds is 0. The lowest BCUT2D eigenvalue weighted by Gasteiger charge is -2.45. The lowest BCUT2D eigenvalue weighted by molar-refractivity contribution is 0.0528. The van der Waals surface area contributed by atoms with E-state index in [1.807, 2.05) is 6.07 Å². The van der Waals surface area contributed by atoms with Crippen molar-refractivity contribution in [2.75, 3.05) is 0 Å². The third-order valence-corrected chi connectivity index (χ3v) is 4.12. The van der Waals surface area contributed by atoms with Gasteiger partial charge in [0, 0.05) is 5.92 Å². The molecule has 1 nitrogen and oxygen atoms in total. The third kappa shape index (κ3) is 2.18. The summed E-state index contributed by atoms with van der Waals surface area (Å²) >= 11 is 0. The van der Waals surface area contributed by atoms with Gasteiger partial charge < -0.3 is 5.11 Å². The van der Waals surface area contributed by atoms with Crippen LogP contribution in [0.4, 0.5) is 4.39 Å². The van der Waals surface area contributed by atoms with Crippen LogP contribution in [0, 0.1) is 11.2 Å². The monoisotopic (exact) mass is 250 g/mol. The van der Waals surface area contributed by atoms with Gasteiger partial charge in [-0.1, -0.05) is 40.7 Å². The summed E-state index contributed by atoms with van der Waals surface area (Å²) in [4.78, 5) is 0. The highest BCUT2D eigenvalue weighted by molar-refractivity contribution is 5.41. The van der Waals surface area contributed by atoms with Gasteiger partial charge in [-0.3, -0.25) is 0 Å². The number of benzene rings is 1. The van der Waals surface area contributed by atoms with Crippen LogP contribution in [0.15, 0.2) is 18.2 Å². The molecule has 0 aromatic heterocycles. The fourth-order valence-electron chi connectivity index (χ4n) is 3.41. The molecule has 0 fully saturated rings. The Hall–Kier alpha value is -0.890. The molecule has 1 aromatic rings. The number of aliphatic hydroxyl groups excluding tert-OH is 1.